The zero-order valence-corrected chi connectivity index (χ0v) is 22.4. The van der Waals surface area contributed by atoms with Crippen LogP contribution in [0.15, 0.2) is 42.5 Å². The lowest BCUT2D eigenvalue weighted by Gasteiger charge is -2.44. The molecule has 2 aromatic carbocycles. The summed E-state index contributed by atoms with van der Waals surface area (Å²) < 4.78 is 53.6. The fourth-order valence-corrected chi connectivity index (χ4v) is 5.70. The summed E-state index contributed by atoms with van der Waals surface area (Å²) in [5.74, 6) is -2.66. The van der Waals surface area contributed by atoms with Crippen LogP contribution in [0.5, 0.6) is 0 Å². The third-order valence-corrected chi connectivity index (χ3v) is 8.06. The Morgan fingerprint density at radius 3 is 2.15 bits per heavy atom. The average Bonchev–Trinajstić information content (AvgIpc) is 2.91. The first-order valence-corrected chi connectivity index (χ1v) is 13.2. The Kier molecular flexibility index (Phi) is 8.54. The Bertz CT molecular complexity index is 1230. The van der Waals surface area contributed by atoms with E-state index in [9.17, 15) is 31.9 Å². The molecular weight excluding hydrogens is 538 g/mol. The first-order chi connectivity index (χ1) is 18.4. The van der Waals surface area contributed by atoms with Crippen molar-refractivity contribution in [2.45, 2.75) is 44.3 Å². The molecule has 2 aliphatic heterocycles. The third-order valence-electron chi connectivity index (χ3n) is 7.81. The average molecular weight is 568 g/mol. The molecule has 2 heterocycles. The Morgan fingerprint density at radius 2 is 1.56 bits per heavy atom. The van der Waals surface area contributed by atoms with Crippen molar-refractivity contribution in [3.8, 4) is 0 Å². The van der Waals surface area contributed by atoms with E-state index in [4.69, 9.17) is 11.6 Å². The van der Waals surface area contributed by atoms with E-state index in [0.717, 1.165) is 11.6 Å². The fourth-order valence-electron chi connectivity index (χ4n) is 5.57. The van der Waals surface area contributed by atoms with E-state index in [-0.39, 0.29) is 29.2 Å². The molecule has 0 radical (unpaired) electrons. The van der Waals surface area contributed by atoms with Gasteiger partial charge in [0.05, 0.1) is 5.56 Å². The summed E-state index contributed by atoms with van der Waals surface area (Å²) in [6.45, 7) is 3.24. The molecule has 2 fully saturated rings. The molecular formula is C28H30ClF4N3O3. The number of benzene rings is 2. The number of carbonyl (C=O) groups excluding carboxylic acids is 3. The number of piperidine rings is 2. The first kappa shape index (κ1) is 28.9. The van der Waals surface area contributed by atoms with Crippen molar-refractivity contribution in [2.24, 2.45) is 5.92 Å². The second-order valence-corrected chi connectivity index (χ2v) is 10.6. The topological polar surface area (TPSA) is 60.9 Å². The molecule has 2 unspecified atom stereocenters. The normalized spacial score (nSPS) is 20.6. The minimum absolute atomic E-state index is 0.00190. The molecule has 4 rings (SSSR count). The van der Waals surface area contributed by atoms with Crippen molar-refractivity contribution in [2.75, 3.05) is 33.2 Å². The number of likely N-dealkylation sites (tertiary alicyclic amines) is 2. The quantitative estimate of drug-likeness (QED) is 0.477. The number of rotatable bonds is 4. The minimum atomic E-state index is -4.93. The summed E-state index contributed by atoms with van der Waals surface area (Å²) >= 11 is 6.08. The highest BCUT2D eigenvalue weighted by Gasteiger charge is 2.40. The molecule has 2 saturated heterocycles. The van der Waals surface area contributed by atoms with E-state index in [1.54, 1.807) is 21.9 Å². The van der Waals surface area contributed by atoms with Crippen LogP contribution < -0.4 is 0 Å². The van der Waals surface area contributed by atoms with Crippen LogP contribution in [0.25, 0.3) is 0 Å². The Balaban J connectivity index is 1.56. The smallest absolute Gasteiger partial charge is 0.343 e. The van der Waals surface area contributed by atoms with Crippen molar-refractivity contribution in [3.05, 3.63) is 70.0 Å². The molecule has 3 amide bonds. The van der Waals surface area contributed by atoms with Crippen molar-refractivity contribution in [1.29, 1.82) is 0 Å². The number of carbonyl (C=O) groups is 3. The van der Waals surface area contributed by atoms with Gasteiger partial charge in [-0.05, 0) is 55.2 Å². The van der Waals surface area contributed by atoms with Gasteiger partial charge < -0.3 is 14.7 Å². The van der Waals surface area contributed by atoms with Gasteiger partial charge in [0.2, 0.25) is 11.8 Å². The molecule has 0 bridgehead atoms. The van der Waals surface area contributed by atoms with Gasteiger partial charge in [-0.2, -0.15) is 13.2 Å². The van der Waals surface area contributed by atoms with E-state index < -0.39 is 29.5 Å². The molecule has 6 nitrogen and oxygen atoms in total. The molecule has 0 spiro atoms. The summed E-state index contributed by atoms with van der Waals surface area (Å²) in [7, 11) is 1.52. The van der Waals surface area contributed by atoms with Gasteiger partial charge in [0, 0.05) is 68.6 Å². The van der Waals surface area contributed by atoms with Crippen LogP contribution in [0.1, 0.15) is 53.6 Å². The predicted molar refractivity (Wildman–Crippen MR) is 138 cm³/mol. The Morgan fingerprint density at radius 1 is 0.949 bits per heavy atom. The van der Waals surface area contributed by atoms with Crippen LogP contribution in [0.3, 0.4) is 0 Å². The van der Waals surface area contributed by atoms with E-state index >= 15 is 0 Å². The molecule has 39 heavy (non-hydrogen) atoms. The van der Waals surface area contributed by atoms with Crippen LogP contribution in [0.2, 0.25) is 5.02 Å². The highest BCUT2D eigenvalue weighted by molar-refractivity contribution is 6.30. The second kappa shape index (κ2) is 11.5. The standard InChI is InChI=1S/C28H30ClF4N3O3/c1-17(37)35-12-9-19(10-13-35)27(39)36-14-11-25(22(16-36)18-3-6-21(29)7-4-18)34(2)26(38)20-5-8-24(30)23(15-20)28(31,32)33/h3-8,15,19,22,25H,9-14,16H2,1-2H3. The summed E-state index contributed by atoms with van der Waals surface area (Å²) in [5.41, 5.74) is -0.924. The maximum Gasteiger partial charge on any atom is 0.419 e. The SMILES string of the molecule is CC(=O)N1CCC(C(=O)N2CCC(N(C)C(=O)c3ccc(F)c(C(F)(F)F)c3)C(c3ccc(Cl)cc3)C2)CC1. The molecule has 0 aliphatic carbocycles. The largest absolute Gasteiger partial charge is 0.419 e. The monoisotopic (exact) mass is 567 g/mol. The number of hydrogen-bond donors (Lipinski definition) is 0. The molecule has 2 aliphatic rings. The number of hydrogen-bond acceptors (Lipinski definition) is 3. The number of alkyl halides is 3. The number of amides is 3. The summed E-state index contributed by atoms with van der Waals surface area (Å²) in [5, 5.41) is 0.520. The molecule has 0 N–H and O–H groups in total. The van der Waals surface area contributed by atoms with Crippen molar-refractivity contribution in [3.63, 3.8) is 0 Å². The van der Waals surface area contributed by atoms with Gasteiger partial charge >= 0.3 is 6.18 Å². The number of halogens is 5. The first-order valence-electron chi connectivity index (χ1n) is 12.8. The predicted octanol–water partition coefficient (Wildman–Crippen LogP) is 5.21. The lowest BCUT2D eigenvalue weighted by Crippen LogP contribution is -2.53. The molecule has 2 aromatic rings. The summed E-state index contributed by atoms with van der Waals surface area (Å²) in [6.07, 6.45) is -3.37. The van der Waals surface area contributed by atoms with Gasteiger partial charge in [-0.25, -0.2) is 4.39 Å². The van der Waals surface area contributed by atoms with Crippen LogP contribution >= 0.6 is 11.6 Å². The highest BCUT2D eigenvalue weighted by Crippen LogP contribution is 2.35. The Labute approximate surface area is 229 Å². The minimum Gasteiger partial charge on any atom is -0.343 e. The fraction of sp³-hybridized carbons (Fsp3) is 0.464. The van der Waals surface area contributed by atoms with E-state index in [1.807, 2.05) is 12.1 Å². The molecule has 11 heteroatoms. The number of likely N-dealkylation sites (N-methyl/N-ethyl adjacent to an activating group) is 1. The molecule has 210 valence electrons. The third kappa shape index (κ3) is 6.37. The molecule has 0 saturated carbocycles. The lowest BCUT2D eigenvalue weighted by atomic mass is 9.83. The van der Waals surface area contributed by atoms with Crippen molar-refractivity contribution >= 4 is 29.3 Å². The summed E-state index contributed by atoms with van der Waals surface area (Å²) in [6, 6.07) is 8.87. The molecule has 0 aromatic heterocycles. The van der Waals surface area contributed by atoms with Gasteiger partial charge in [-0.1, -0.05) is 23.7 Å². The van der Waals surface area contributed by atoms with E-state index in [1.165, 1.54) is 18.9 Å². The highest BCUT2D eigenvalue weighted by atomic mass is 35.5. The van der Waals surface area contributed by atoms with Crippen LogP contribution in [-0.2, 0) is 15.8 Å². The maximum atomic E-state index is 13.8. The second-order valence-electron chi connectivity index (χ2n) is 10.2. The van der Waals surface area contributed by atoms with Crippen molar-refractivity contribution in [1.82, 2.24) is 14.7 Å². The van der Waals surface area contributed by atoms with Gasteiger partial charge in [0.15, 0.2) is 0 Å². The zero-order chi connectivity index (χ0) is 28.5. The van der Waals surface area contributed by atoms with Gasteiger partial charge in [-0.15, -0.1) is 0 Å². The zero-order valence-electron chi connectivity index (χ0n) is 21.7. The van der Waals surface area contributed by atoms with Crippen LogP contribution in [0.4, 0.5) is 17.6 Å². The van der Waals surface area contributed by atoms with Gasteiger partial charge in [0.25, 0.3) is 5.91 Å². The van der Waals surface area contributed by atoms with Crippen LogP contribution in [-0.4, -0.2) is 71.7 Å². The lowest BCUT2D eigenvalue weighted by molar-refractivity contribution is -0.141. The number of nitrogens with zero attached hydrogens (tertiary/aromatic N) is 3. The van der Waals surface area contributed by atoms with Gasteiger partial charge in [-0.3, -0.25) is 14.4 Å². The van der Waals surface area contributed by atoms with Crippen LogP contribution in [0, 0.1) is 11.7 Å². The maximum absolute atomic E-state index is 13.8. The van der Waals surface area contributed by atoms with Crippen molar-refractivity contribution < 1.29 is 31.9 Å². The summed E-state index contributed by atoms with van der Waals surface area (Å²) in [4.78, 5) is 43.3. The molecule has 2 atom stereocenters. The van der Waals surface area contributed by atoms with E-state index in [0.29, 0.717) is 62.6 Å². The Hall–Kier alpha value is -3.14. The van der Waals surface area contributed by atoms with Gasteiger partial charge in [0.1, 0.15) is 5.82 Å². The van der Waals surface area contributed by atoms with E-state index in [2.05, 4.69) is 0 Å².